The van der Waals surface area contributed by atoms with Gasteiger partial charge in [0.05, 0.1) is 11.8 Å². The van der Waals surface area contributed by atoms with E-state index < -0.39 is 15.1 Å². The van der Waals surface area contributed by atoms with E-state index in [9.17, 15) is 8.42 Å². The summed E-state index contributed by atoms with van der Waals surface area (Å²) in [6.07, 6.45) is 1.18. The van der Waals surface area contributed by atoms with E-state index in [-0.39, 0.29) is 38.4 Å². The van der Waals surface area contributed by atoms with Crippen molar-refractivity contribution in [3.8, 4) is 0 Å². The topological polar surface area (TPSA) is 114 Å². The Morgan fingerprint density at radius 1 is 1.50 bits per heavy atom. The molecule has 16 heavy (non-hydrogen) atoms. The van der Waals surface area contributed by atoms with Crippen molar-refractivity contribution >= 4 is 16.0 Å². The molecule has 1 aliphatic heterocycles. The zero-order chi connectivity index (χ0) is 10.9. The molecule has 0 aliphatic carbocycles. The first-order chi connectivity index (χ1) is 7.09. The van der Waals surface area contributed by atoms with Gasteiger partial charge in [-0.2, -0.15) is 13.5 Å². The number of hydrogen-bond donors (Lipinski definition) is 2. The molecular formula is C6H8LiN3O5S. The first-order valence-electron chi connectivity index (χ1n) is 3.93. The number of nitrogens with one attached hydrogen (secondary N) is 1. The van der Waals surface area contributed by atoms with Crippen LogP contribution in [-0.4, -0.2) is 42.3 Å². The van der Waals surface area contributed by atoms with Crippen molar-refractivity contribution in [3.63, 3.8) is 0 Å². The molecule has 0 bridgehead atoms. The van der Waals surface area contributed by atoms with Gasteiger partial charge in [0.1, 0.15) is 6.61 Å². The third kappa shape index (κ3) is 2.56. The van der Waals surface area contributed by atoms with Gasteiger partial charge in [-0.1, -0.05) is 0 Å². The fourth-order valence-corrected chi connectivity index (χ4v) is 1.64. The molecule has 1 aromatic rings. The maximum Gasteiger partial charge on any atom is 1.00 e. The number of aromatic nitrogens is 2. The molecule has 0 spiro atoms. The summed E-state index contributed by atoms with van der Waals surface area (Å²) >= 11 is 0. The van der Waals surface area contributed by atoms with Crippen LogP contribution in [-0.2, 0) is 19.7 Å². The van der Waals surface area contributed by atoms with Gasteiger partial charge < -0.3 is 11.0 Å². The van der Waals surface area contributed by atoms with Crippen molar-refractivity contribution < 1.29 is 42.8 Å². The fourth-order valence-electron chi connectivity index (χ4n) is 1.06. The zero-order valence-corrected chi connectivity index (χ0v) is 9.19. The van der Waals surface area contributed by atoms with Crippen molar-refractivity contribution in [1.29, 1.82) is 0 Å². The van der Waals surface area contributed by atoms with Crippen molar-refractivity contribution in [2.24, 2.45) is 5.16 Å². The molecule has 0 unspecified atom stereocenters. The average Bonchev–Trinajstić information content (AvgIpc) is 2.67. The van der Waals surface area contributed by atoms with Gasteiger partial charge in [0.15, 0.2) is 11.6 Å². The first-order valence-corrected chi connectivity index (χ1v) is 5.37. The third-order valence-corrected chi connectivity index (χ3v) is 2.48. The van der Waals surface area contributed by atoms with Gasteiger partial charge in [0.25, 0.3) is 5.90 Å². The smallest absolute Gasteiger partial charge is 1.00 e. The van der Waals surface area contributed by atoms with Gasteiger partial charge in [0.2, 0.25) is 0 Å². The number of rotatable bonds is 2. The summed E-state index contributed by atoms with van der Waals surface area (Å²) in [6.45, 7) is 0.553. The molecule has 0 atom stereocenters. The molecular weight excluding hydrogens is 233 g/mol. The summed E-state index contributed by atoms with van der Waals surface area (Å²) in [5, 5.41) is 8.66. The quantitative estimate of drug-likeness (QED) is 0.410. The van der Waals surface area contributed by atoms with Crippen LogP contribution in [0.1, 0.15) is 6.99 Å². The van der Waals surface area contributed by atoms with Crippen LogP contribution in [0.25, 0.3) is 0 Å². The van der Waals surface area contributed by atoms with Crippen molar-refractivity contribution in [1.82, 2.24) is 10.2 Å². The van der Waals surface area contributed by atoms with Gasteiger partial charge >= 0.3 is 29.0 Å². The summed E-state index contributed by atoms with van der Waals surface area (Å²) < 4.78 is 35.7. The summed E-state index contributed by atoms with van der Waals surface area (Å²) in [4.78, 5) is 4.72. The van der Waals surface area contributed by atoms with E-state index in [1.54, 1.807) is 0 Å². The maximum absolute atomic E-state index is 10.9. The van der Waals surface area contributed by atoms with Gasteiger partial charge in [0, 0.05) is 0 Å². The monoisotopic (exact) mass is 241 g/mol. The predicted molar refractivity (Wildman–Crippen MR) is 48.0 cm³/mol. The van der Waals surface area contributed by atoms with Crippen LogP contribution in [0.15, 0.2) is 16.4 Å². The van der Waals surface area contributed by atoms with Crippen LogP contribution in [0.3, 0.4) is 0 Å². The van der Waals surface area contributed by atoms with E-state index in [0.29, 0.717) is 6.61 Å². The van der Waals surface area contributed by atoms with E-state index in [0.717, 1.165) is 0 Å². The number of aromatic amines is 1. The Morgan fingerprint density at radius 3 is 2.81 bits per heavy atom. The Kier molecular flexibility index (Phi) is 3.98. The van der Waals surface area contributed by atoms with Gasteiger partial charge in [-0.05, 0) is 5.16 Å². The van der Waals surface area contributed by atoms with Crippen LogP contribution in [0.4, 0.5) is 0 Å². The Hall–Kier alpha value is -1.01. The summed E-state index contributed by atoms with van der Waals surface area (Å²) in [5.41, 5.74) is 0.0391. The Balaban J connectivity index is 0.00000128. The Labute approximate surface area is 104 Å². The minimum absolute atomic E-state index is 0. The first kappa shape index (κ1) is 13.1. The molecule has 8 nitrogen and oxygen atoms in total. The minimum Gasteiger partial charge on any atom is -1.00 e. The number of oxime groups is 1. The standard InChI is InChI=1S/C6H7N3O5S.Li.H/c10-15(11,12)6-4(3-7-8-6)5-9-14-2-1-13-5;;/h3H,1-2H2,(H,7,8)(H,10,11,12);;/q;+1;-1. The van der Waals surface area contributed by atoms with E-state index in [2.05, 4.69) is 15.4 Å². The molecule has 0 radical (unpaired) electrons. The fraction of sp³-hybridized carbons (Fsp3) is 0.333. The number of H-pyrrole nitrogens is 1. The van der Waals surface area contributed by atoms with Crippen LogP contribution < -0.4 is 18.9 Å². The van der Waals surface area contributed by atoms with Crippen LogP contribution >= 0.6 is 0 Å². The van der Waals surface area contributed by atoms with Crippen molar-refractivity contribution in [2.45, 2.75) is 5.03 Å². The van der Waals surface area contributed by atoms with E-state index in [1.165, 1.54) is 6.20 Å². The van der Waals surface area contributed by atoms with E-state index in [1.807, 2.05) is 0 Å². The zero-order valence-electron chi connectivity index (χ0n) is 9.37. The second-order valence-corrected chi connectivity index (χ2v) is 4.02. The second kappa shape index (κ2) is 4.88. The van der Waals surface area contributed by atoms with Gasteiger partial charge in [-0.3, -0.25) is 9.65 Å². The molecule has 1 aromatic heterocycles. The molecule has 0 saturated heterocycles. The molecule has 2 rings (SSSR count). The second-order valence-electron chi connectivity index (χ2n) is 2.67. The summed E-state index contributed by atoms with van der Waals surface area (Å²) in [5.74, 6) is -0.0253. The van der Waals surface area contributed by atoms with Crippen LogP contribution in [0.2, 0.25) is 0 Å². The summed E-state index contributed by atoms with van der Waals surface area (Å²) in [7, 11) is -4.37. The predicted octanol–water partition coefficient (Wildman–Crippen LogP) is -3.52. The minimum atomic E-state index is -4.37. The molecule has 2 N–H and O–H groups in total. The largest absolute Gasteiger partial charge is 1.00 e. The molecule has 10 heteroatoms. The molecule has 0 fully saturated rings. The summed E-state index contributed by atoms with van der Waals surface area (Å²) in [6, 6.07) is 0. The van der Waals surface area contributed by atoms with Crippen LogP contribution in [0.5, 0.6) is 0 Å². The molecule has 2 heterocycles. The normalized spacial score (nSPS) is 15.4. The van der Waals surface area contributed by atoms with Gasteiger partial charge in [-0.15, -0.1) is 0 Å². The Bertz CT molecular complexity index is 502. The molecule has 1 aliphatic rings. The number of nitrogens with zero attached hydrogens (tertiary/aromatic N) is 2. The van der Waals surface area contributed by atoms with Gasteiger partial charge in [-0.25, -0.2) is 0 Å². The molecule has 0 amide bonds. The number of hydrogen-bond acceptors (Lipinski definition) is 6. The molecule has 84 valence electrons. The van der Waals surface area contributed by atoms with E-state index >= 15 is 0 Å². The molecule has 0 saturated carbocycles. The van der Waals surface area contributed by atoms with E-state index in [4.69, 9.17) is 14.1 Å². The van der Waals surface area contributed by atoms with Crippen LogP contribution in [0, 0.1) is 0 Å². The van der Waals surface area contributed by atoms with Crippen molar-refractivity contribution in [2.75, 3.05) is 13.2 Å². The Morgan fingerprint density at radius 2 is 2.25 bits per heavy atom. The van der Waals surface area contributed by atoms with Crippen molar-refractivity contribution in [3.05, 3.63) is 11.8 Å². The SMILES string of the molecule is O=S(=O)(O)c1[nH]ncc1C1=NOCCO1.[H-].[Li+]. The molecule has 0 aromatic carbocycles. The average molecular weight is 241 g/mol. The maximum atomic E-state index is 10.9. The number of ether oxygens (including phenoxy) is 1. The third-order valence-electron chi connectivity index (χ3n) is 1.65.